The average molecular weight is 328 g/mol. The van der Waals surface area contributed by atoms with Gasteiger partial charge in [0.25, 0.3) is 5.91 Å². The Kier molecular flexibility index (Phi) is 3.26. The third-order valence-corrected chi connectivity index (χ3v) is 5.11. The molecule has 1 atom stereocenters. The predicted octanol–water partition coefficient (Wildman–Crippen LogP) is 1.70. The SMILES string of the molecule is CCC12COC(=O)N1CCN(C(=O)c1cccn3cc(C)nc13)C2. The highest BCUT2D eigenvalue weighted by atomic mass is 16.6. The topological polar surface area (TPSA) is 67.2 Å². The van der Waals surface area contributed by atoms with Crippen LogP contribution in [0.25, 0.3) is 5.65 Å². The van der Waals surface area contributed by atoms with E-state index in [-0.39, 0.29) is 12.0 Å². The molecule has 4 heterocycles. The van der Waals surface area contributed by atoms with Gasteiger partial charge in [-0.2, -0.15) is 0 Å². The number of aromatic nitrogens is 2. The van der Waals surface area contributed by atoms with Crippen LogP contribution in [0.15, 0.2) is 24.5 Å². The van der Waals surface area contributed by atoms with Gasteiger partial charge in [0, 0.05) is 32.0 Å². The van der Waals surface area contributed by atoms with Crippen LogP contribution in [0, 0.1) is 6.92 Å². The van der Waals surface area contributed by atoms with Crippen LogP contribution in [-0.2, 0) is 4.74 Å². The lowest BCUT2D eigenvalue weighted by Gasteiger charge is -2.44. The van der Waals surface area contributed by atoms with E-state index in [1.54, 1.807) is 4.90 Å². The summed E-state index contributed by atoms with van der Waals surface area (Å²) in [5, 5.41) is 0. The molecule has 0 aromatic carbocycles. The molecule has 0 saturated carbocycles. The molecular formula is C17H20N4O3. The average Bonchev–Trinajstić information content (AvgIpc) is 3.13. The van der Waals surface area contributed by atoms with Crippen molar-refractivity contribution in [2.75, 3.05) is 26.2 Å². The van der Waals surface area contributed by atoms with Gasteiger partial charge in [-0.1, -0.05) is 6.92 Å². The van der Waals surface area contributed by atoms with Crippen LogP contribution in [0.3, 0.4) is 0 Å². The smallest absolute Gasteiger partial charge is 0.410 e. The highest BCUT2D eigenvalue weighted by Gasteiger charge is 2.50. The molecule has 2 aromatic heterocycles. The molecule has 0 bridgehead atoms. The second kappa shape index (κ2) is 5.22. The van der Waals surface area contributed by atoms with E-state index in [0.717, 1.165) is 12.1 Å². The number of rotatable bonds is 2. The van der Waals surface area contributed by atoms with Gasteiger partial charge < -0.3 is 14.0 Å². The summed E-state index contributed by atoms with van der Waals surface area (Å²) >= 11 is 0. The van der Waals surface area contributed by atoms with Crippen LogP contribution in [0.2, 0.25) is 0 Å². The number of cyclic esters (lactones) is 1. The molecule has 2 aliphatic rings. The molecule has 24 heavy (non-hydrogen) atoms. The first-order chi connectivity index (χ1) is 11.5. The molecule has 0 radical (unpaired) electrons. The Bertz CT molecular complexity index is 830. The minimum absolute atomic E-state index is 0.0435. The standard InChI is InChI=1S/C17H20N4O3/c1-3-17-10-20(7-8-21(17)16(23)24-11-17)15(22)13-5-4-6-19-9-12(2)18-14(13)19/h4-6,9H,3,7-8,10-11H2,1-2H3. The van der Waals surface area contributed by atoms with E-state index in [9.17, 15) is 9.59 Å². The number of ether oxygens (including phenoxy) is 1. The van der Waals surface area contributed by atoms with Gasteiger partial charge in [0.05, 0.1) is 16.8 Å². The number of hydrogen-bond acceptors (Lipinski definition) is 4. The van der Waals surface area contributed by atoms with Crippen molar-refractivity contribution in [2.45, 2.75) is 25.8 Å². The molecule has 7 heteroatoms. The molecule has 0 aliphatic carbocycles. The van der Waals surface area contributed by atoms with Gasteiger partial charge in [0.15, 0.2) is 0 Å². The van der Waals surface area contributed by atoms with Gasteiger partial charge in [-0.3, -0.25) is 9.69 Å². The van der Waals surface area contributed by atoms with Gasteiger partial charge >= 0.3 is 6.09 Å². The van der Waals surface area contributed by atoms with Crippen molar-refractivity contribution in [3.63, 3.8) is 0 Å². The summed E-state index contributed by atoms with van der Waals surface area (Å²) < 4.78 is 7.11. The molecule has 2 aliphatic heterocycles. The second-order valence-corrected chi connectivity index (χ2v) is 6.55. The lowest BCUT2D eigenvalue weighted by atomic mass is 9.92. The zero-order valence-corrected chi connectivity index (χ0v) is 13.9. The Morgan fingerprint density at radius 2 is 2.25 bits per heavy atom. The third kappa shape index (κ3) is 2.07. The number of aryl methyl sites for hydroxylation is 1. The Morgan fingerprint density at radius 1 is 1.42 bits per heavy atom. The molecule has 2 amide bonds. The monoisotopic (exact) mass is 328 g/mol. The Morgan fingerprint density at radius 3 is 3.04 bits per heavy atom. The van der Waals surface area contributed by atoms with Crippen LogP contribution in [0.4, 0.5) is 4.79 Å². The van der Waals surface area contributed by atoms with Crippen molar-refractivity contribution >= 4 is 17.6 Å². The maximum atomic E-state index is 13.1. The van der Waals surface area contributed by atoms with Gasteiger partial charge in [-0.15, -0.1) is 0 Å². The predicted molar refractivity (Wildman–Crippen MR) is 86.9 cm³/mol. The summed E-state index contributed by atoms with van der Waals surface area (Å²) in [5.41, 5.74) is 1.74. The Labute approximate surface area is 139 Å². The van der Waals surface area contributed by atoms with Crippen molar-refractivity contribution in [3.05, 3.63) is 35.8 Å². The number of nitrogens with zero attached hydrogens (tertiary/aromatic N) is 4. The molecule has 0 spiro atoms. The summed E-state index contributed by atoms with van der Waals surface area (Å²) in [6, 6.07) is 3.67. The van der Waals surface area contributed by atoms with E-state index >= 15 is 0 Å². The molecule has 4 rings (SSSR count). The molecule has 126 valence electrons. The number of carbonyl (C=O) groups excluding carboxylic acids is 2. The number of piperazine rings is 1. The molecular weight excluding hydrogens is 308 g/mol. The number of imidazole rings is 1. The van der Waals surface area contributed by atoms with E-state index in [2.05, 4.69) is 4.98 Å². The summed E-state index contributed by atoms with van der Waals surface area (Å²) in [5.74, 6) is -0.0435. The van der Waals surface area contributed by atoms with Crippen LogP contribution in [-0.4, -0.2) is 63.0 Å². The van der Waals surface area contributed by atoms with E-state index in [1.807, 2.05) is 47.7 Å². The summed E-state index contributed by atoms with van der Waals surface area (Å²) in [7, 11) is 0. The summed E-state index contributed by atoms with van der Waals surface area (Å²) in [6.45, 7) is 5.80. The number of amides is 2. The number of carbonyl (C=O) groups is 2. The van der Waals surface area contributed by atoms with Crippen LogP contribution in [0.5, 0.6) is 0 Å². The summed E-state index contributed by atoms with van der Waals surface area (Å²) in [4.78, 5) is 33.0. The van der Waals surface area contributed by atoms with E-state index in [0.29, 0.717) is 37.5 Å². The number of hydrogen-bond donors (Lipinski definition) is 0. The largest absolute Gasteiger partial charge is 0.447 e. The zero-order chi connectivity index (χ0) is 16.9. The molecule has 2 saturated heterocycles. The zero-order valence-electron chi connectivity index (χ0n) is 13.9. The number of fused-ring (bicyclic) bond motifs is 2. The molecule has 7 nitrogen and oxygen atoms in total. The lowest BCUT2D eigenvalue weighted by Crippen LogP contribution is -2.62. The first kappa shape index (κ1) is 15.0. The van der Waals surface area contributed by atoms with E-state index < -0.39 is 5.54 Å². The normalized spacial score (nSPS) is 23.5. The lowest BCUT2D eigenvalue weighted by molar-refractivity contribution is 0.0363. The van der Waals surface area contributed by atoms with Crippen molar-refractivity contribution < 1.29 is 14.3 Å². The van der Waals surface area contributed by atoms with Crippen LogP contribution < -0.4 is 0 Å². The number of pyridine rings is 1. The van der Waals surface area contributed by atoms with Gasteiger partial charge in [-0.05, 0) is 25.5 Å². The molecule has 2 fully saturated rings. The first-order valence-corrected chi connectivity index (χ1v) is 8.22. The first-order valence-electron chi connectivity index (χ1n) is 8.22. The molecule has 1 unspecified atom stereocenters. The van der Waals surface area contributed by atoms with Gasteiger partial charge in [0.2, 0.25) is 0 Å². The molecule has 0 N–H and O–H groups in total. The maximum Gasteiger partial charge on any atom is 0.410 e. The van der Waals surface area contributed by atoms with Crippen LogP contribution in [0.1, 0.15) is 29.4 Å². The molecule has 2 aromatic rings. The van der Waals surface area contributed by atoms with Crippen molar-refractivity contribution in [2.24, 2.45) is 0 Å². The van der Waals surface area contributed by atoms with Crippen molar-refractivity contribution in [1.29, 1.82) is 0 Å². The highest BCUT2D eigenvalue weighted by Crippen LogP contribution is 2.32. The quantitative estimate of drug-likeness (QED) is 0.841. The fourth-order valence-electron chi connectivity index (χ4n) is 3.71. The van der Waals surface area contributed by atoms with Crippen molar-refractivity contribution in [1.82, 2.24) is 19.2 Å². The maximum absolute atomic E-state index is 13.1. The van der Waals surface area contributed by atoms with Crippen molar-refractivity contribution in [3.8, 4) is 0 Å². The fourth-order valence-corrected chi connectivity index (χ4v) is 3.71. The second-order valence-electron chi connectivity index (χ2n) is 6.55. The van der Waals surface area contributed by atoms with E-state index in [4.69, 9.17) is 4.74 Å². The Hall–Kier alpha value is -2.57. The third-order valence-electron chi connectivity index (χ3n) is 5.11. The Balaban J connectivity index is 1.66. The minimum atomic E-state index is -0.401. The highest BCUT2D eigenvalue weighted by molar-refractivity contribution is 6.00. The van der Waals surface area contributed by atoms with Gasteiger partial charge in [-0.25, -0.2) is 9.78 Å². The minimum Gasteiger partial charge on any atom is -0.447 e. The van der Waals surface area contributed by atoms with Gasteiger partial charge in [0.1, 0.15) is 12.3 Å². The fraction of sp³-hybridized carbons (Fsp3) is 0.471. The van der Waals surface area contributed by atoms with Crippen LogP contribution >= 0.6 is 0 Å². The van der Waals surface area contributed by atoms with E-state index in [1.165, 1.54) is 0 Å². The summed E-state index contributed by atoms with van der Waals surface area (Å²) in [6.07, 6.45) is 4.28.